The lowest BCUT2D eigenvalue weighted by molar-refractivity contribution is -0.121. The summed E-state index contributed by atoms with van der Waals surface area (Å²) in [7, 11) is 0. The van der Waals surface area contributed by atoms with Gasteiger partial charge in [-0.1, -0.05) is 31.5 Å². The number of anilines is 1. The topological polar surface area (TPSA) is 71.1 Å². The monoisotopic (exact) mass is 331 g/mol. The summed E-state index contributed by atoms with van der Waals surface area (Å²) in [5.74, 6) is -0.134. The summed E-state index contributed by atoms with van der Waals surface area (Å²) in [6.07, 6.45) is 3.06. The highest BCUT2D eigenvalue weighted by Crippen LogP contribution is 2.17. The minimum Gasteiger partial charge on any atom is -0.356 e. The first kappa shape index (κ1) is 17.1. The second-order valence-corrected chi connectivity index (χ2v) is 6.03. The van der Waals surface area contributed by atoms with Gasteiger partial charge in [-0.05, 0) is 25.0 Å². The van der Waals surface area contributed by atoms with Crippen LogP contribution >= 0.6 is 11.3 Å². The number of amides is 2. The van der Waals surface area contributed by atoms with Crippen LogP contribution in [0.3, 0.4) is 0 Å². The first-order chi connectivity index (χ1) is 11.2. The Hall–Kier alpha value is -2.21. The number of aromatic nitrogens is 1. The van der Waals surface area contributed by atoms with Crippen LogP contribution in [0.5, 0.6) is 0 Å². The van der Waals surface area contributed by atoms with Crippen molar-refractivity contribution in [1.29, 1.82) is 0 Å². The van der Waals surface area contributed by atoms with Gasteiger partial charge in [-0.25, -0.2) is 4.98 Å². The number of nitrogens with one attached hydrogen (secondary N) is 2. The Morgan fingerprint density at radius 1 is 1.22 bits per heavy atom. The van der Waals surface area contributed by atoms with Gasteiger partial charge in [-0.3, -0.25) is 14.9 Å². The minimum absolute atomic E-state index is 0.0429. The summed E-state index contributed by atoms with van der Waals surface area (Å²) >= 11 is 1.37. The standard InChI is InChI=1S/C17H21N3O2S/c1-2-3-11-18-15(21)10-9-14-12-23-17(19-14)20-16(22)13-7-5-4-6-8-13/h4-8,12H,2-3,9-11H2,1H3,(H,18,21)(H,19,20,22). The van der Waals surface area contributed by atoms with E-state index in [2.05, 4.69) is 22.5 Å². The number of rotatable bonds is 8. The van der Waals surface area contributed by atoms with E-state index >= 15 is 0 Å². The zero-order valence-corrected chi connectivity index (χ0v) is 14.0. The van der Waals surface area contributed by atoms with Crippen LogP contribution < -0.4 is 10.6 Å². The first-order valence-corrected chi connectivity index (χ1v) is 8.64. The molecule has 2 rings (SSSR count). The number of nitrogens with zero attached hydrogens (tertiary/aromatic N) is 1. The molecule has 0 fully saturated rings. The van der Waals surface area contributed by atoms with Crippen molar-refractivity contribution in [2.24, 2.45) is 0 Å². The van der Waals surface area contributed by atoms with E-state index in [9.17, 15) is 9.59 Å². The number of unbranched alkanes of at least 4 members (excludes halogenated alkanes) is 1. The van der Waals surface area contributed by atoms with Gasteiger partial charge >= 0.3 is 0 Å². The Kier molecular flexibility index (Phi) is 6.75. The van der Waals surface area contributed by atoms with Crippen LogP contribution in [0, 0.1) is 0 Å². The van der Waals surface area contributed by atoms with Crippen LogP contribution in [0.15, 0.2) is 35.7 Å². The third kappa shape index (κ3) is 5.83. The molecule has 1 heterocycles. The van der Waals surface area contributed by atoms with Crippen LogP contribution in [0.2, 0.25) is 0 Å². The number of hydrogen-bond donors (Lipinski definition) is 2. The van der Waals surface area contributed by atoms with E-state index < -0.39 is 0 Å². The van der Waals surface area contributed by atoms with Gasteiger partial charge in [0.1, 0.15) is 0 Å². The maximum Gasteiger partial charge on any atom is 0.257 e. The van der Waals surface area contributed by atoms with Crippen molar-refractivity contribution >= 4 is 28.3 Å². The lowest BCUT2D eigenvalue weighted by Crippen LogP contribution is -2.24. The van der Waals surface area contributed by atoms with Gasteiger partial charge in [-0.2, -0.15) is 0 Å². The van der Waals surface area contributed by atoms with E-state index in [4.69, 9.17) is 0 Å². The maximum atomic E-state index is 12.0. The van der Waals surface area contributed by atoms with Crippen molar-refractivity contribution in [3.05, 3.63) is 47.0 Å². The quantitative estimate of drug-likeness (QED) is 0.730. The minimum atomic E-state index is -0.177. The molecule has 23 heavy (non-hydrogen) atoms. The van der Waals surface area contributed by atoms with Gasteiger partial charge in [0.15, 0.2) is 5.13 Å². The molecule has 0 saturated heterocycles. The summed E-state index contributed by atoms with van der Waals surface area (Å²) in [6.45, 7) is 2.82. The number of thiazole rings is 1. The van der Waals surface area contributed by atoms with Gasteiger partial charge in [-0.15, -0.1) is 11.3 Å². The molecule has 0 saturated carbocycles. The highest BCUT2D eigenvalue weighted by molar-refractivity contribution is 7.14. The van der Waals surface area contributed by atoms with Crippen molar-refractivity contribution in [3.8, 4) is 0 Å². The van der Waals surface area contributed by atoms with E-state index in [0.717, 1.165) is 25.1 Å². The highest BCUT2D eigenvalue weighted by atomic mass is 32.1. The molecule has 0 aliphatic heterocycles. The van der Waals surface area contributed by atoms with E-state index in [1.165, 1.54) is 11.3 Å². The molecule has 6 heteroatoms. The Morgan fingerprint density at radius 2 is 2.00 bits per heavy atom. The molecule has 2 aromatic rings. The fourth-order valence-electron chi connectivity index (χ4n) is 1.97. The van der Waals surface area contributed by atoms with Crippen molar-refractivity contribution in [3.63, 3.8) is 0 Å². The fraction of sp³-hybridized carbons (Fsp3) is 0.353. The van der Waals surface area contributed by atoms with E-state index in [1.807, 2.05) is 23.6 Å². The zero-order valence-electron chi connectivity index (χ0n) is 13.2. The molecular formula is C17H21N3O2S. The lowest BCUT2D eigenvalue weighted by atomic mass is 10.2. The largest absolute Gasteiger partial charge is 0.356 e. The Balaban J connectivity index is 1.79. The smallest absolute Gasteiger partial charge is 0.257 e. The van der Waals surface area contributed by atoms with Crippen LogP contribution in [-0.2, 0) is 11.2 Å². The molecule has 0 atom stereocenters. The Morgan fingerprint density at radius 3 is 2.74 bits per heavy atom. The molecule has 0 aliphatic rings. The molecule has 2 amide bonds. The molecule has 2 N–H and O–H groups in total. The van der Waals surface area contributed by atoms with Crippen molar-refractivity contribution in [2.45, 2.75) is 32.6 Å². The molecule has 1 aromatic carbocycles. The molecule has 122 valence electrons. The summed E-state index contributed by atoms with van der Waals surface area (Å²) < 4.78 is 0. The normalized spacial score (nSPS) is 10.3. The number of carbonyl (C=O) groups excluding carboxylic acids is 2. The van der Waals surface area contributed by atoms with E-state index in [-0.39, 0.29) is 11.8 Å². The van der Waals surface area contributed by atoms with Gasteiger partial charge in [0.25, 0.3) is 5.91 Å². The van der Waals surface area contributed by atoms with Gasteiger partial charge in [0.2, 0.25) is 5.91 Å². The summed E-state index contributed by atoms with van der Waals surface area (Å²) in [6, 6.07) is 9.01. The third-order valence-corrected chi connectivity index (χ3v) is 4.08. The van der Waals surface area contributed by atoms with E-state index in [1.54, 1.807) is 12.1 Å². The van der Waals surface area contributed by atoms with Crippen molar-refractivity contribution < 1.29 is 9.59 Å². The molecule has 5 nitrogen and oxygen atoms in total. The first-order valence-electron chi connectivity index (χ1n) is 7.76. The van der Waals surface area contributed by atoms with Crippen molar-refractivity contribution in [1.82, 2.24) is 10.3 Å². The summed E-state index contributed by atoms with van der Waals surface area (Å²) in [4.78, 5) is 28.0. The SMILES string of the molecule is CCCCNC(=O)CCc1csc(NC(=O)c2ccccc2)n1. The molecule has 0 radical (unpaired) electrons. The van der Waals surface area contributed by atoms with Crippen LogP contribution in [-0.4, -0.2) is 23.3 Å². The molecule has 0 unspecified atom stereocenters. The van der Waals surface area contributed by atoms with Gasteiger partial charge in [0, 0.05) is 23.9 Å². The predicted molar refractivity (Wildman–Crippen MR) is 92.7 cm³/mol. The van der Waals surface area contributed by atoms with Crippen LogP contribution in [0.1, 0.15) is 42.2 Å². The molecule has 0 spiro atoms. The Labute approximate surface area is 140 Å². The molecule has 0 aliphatic carbocycles. The third-order valence-electron chi connectivity index (χ3n) is 3.27. The Bertz CT molecular complexity index is 640. The second-order valence-electron chi connectivity index (χ2n) is 5.17. The molecular weight excluding hydrogens is 310 g/mol. The lowest BCUT2D eigenvalue weighted by Gasteiger charge is -2.03. The molecule has 0 bridgehead atoms. The summed E-state index contributed by atoms with van der Waals surface area (Å²) in [5, 5.41) is 8.09. The fourth-order valence-corrected chi connectivity index (χ4v) is 2.71. The van der Waals surface area contributed by atoms with Gasteiger partial charge < -0.3 is 5.32 Å². The summed E-state index contributed by atoms with van der Waals surface area (Å²) in [5.41, 5.74) is 1.42. The second kappa shape index (κ2) is 9.05. The van der Waals surface area contributed by atoms with Gasteiger partial charge in [0.05, 0.1) is 5.69 Å². The average Bonchev–Trinajstić information content (AvgIpc) is 3.01. The van der Waals surface area contributed by atoms with Crippen LogP contribution in [0.4, 0.5) is 5.13 Å². The van der Waals surface area contributed by atoms with Crippen LogP contribution in [0.25, 0.3) is 0 Å². The van der Waals surface area contributed by atoms with Crippen molar-refractivity contribution in [2.75, 3.05) is 11.9 Å². The number of carbonyl (C=O) groups is 2. The maximum absolute atomic E-state index is 12.0. The molecule has 1 aromatic heterocycles. The van der Waals surface area contributed by atoms with E-state index in [0.29, 0.717) is 23.5 Å². The number of benzene rings is 1. The highest BCUT2D eigenvalue weighted by Gasteiger charge is 2.09. The predicted octanol–water partition coefficient (Wildman–Crippen LogP) is 3.24. The zero-order chi connectivity index (χ0) is 16.5. The average molecular weight is 331 g/mol. The number of hydrogen-bond acceptors (Lipinski definition) is 4. The number of aryl methyl sites for hydroxylation is 1.